The van der Waals surface area contributed by atoms with Crippen LogP contribution in [0.4, 0.5) is 4.39 Å². The Bertz CT molecular complexity index is 909. The highest BCUT2D eigenvalue weighted by molar-refractivity contribution is 6.25. The van der Waals surface area contributed by atoms with E-state index in [1.165, 1.54) is 42.9 Å². The van der Waals surface area contributed by atoms with Crippen LogP contribution in [0.25, 0.3) is 5.57 Å². The third kappa shape index (κ3) is 5.04. The largest absolute Gasteiger partial charge is 0.326 e. The molecular formula is C27H31ClFN. The third-order valence-electron chi connectivity index (χ3n) is 6.91. The summed E-state index contributed by atoms with van der Waals surface area (Å²) in [6.07, 6.45) is 14.1. The second-order valence-electron chi connectivity index (χ2n) is 8.91. The molecule has 2 aliphatic carbocycles. The maximum atomic E-state index is 14.0. The van der Waals surface area contributed by atoms with E-state index < -0.39 is 0 Å². The molecule has 2 aromatic carbocycles. The zero-order valence-corrected chi connectivity index (χ0v) is 18.3. The van der Waals surface area contributed by atoms with Gasteiger partial charge in [-0.2, -0.15) is 0 Å². The molecule has 2 N–H and O–H groups in total. The standard InChI is InChI=1S/C27H31ClFN/c28-27(17-14-24(15-18-27)25-3-1-2-4-26(25)29)16-13-20-5-9-22(10-6-20)23-11-7-21(19-30)8-12-23/h1-4,7-8,11-12,14-15,17,20,22H,5-6,9-10,13,16,18-19,30H2/t20-,22-,27?. The predicted molar refractivity (Wildman–Crippen MR) is 125 cm³/mol. The van der Waals surface area contributed by atoms with Crippen LogP contribution in [0.2, 0.25) is 0 Å². The Hall–Kier alpha value is -1.90. The molecule has 0 aromatic heterocycles. The summed E-state index contributed by atoms with van der Waals surface area (Å²) in [5.41, 5.74) is 9.96. The Morgan fingerprint density at radius 2 is 1.73 bits per heavy atom. The fourth-order valence-electron chi connectivity index (χ4n) is 4.89. The summed E-state index contributed by atoms with van der Waals surface area (Å²) in [7, 11) is 0. The second-order valence-corrected chi connectivity index (χ2v) is 9.67. The number of alkyl halides is 1. The van der Waals surface area contributed by atoms with Crippen LogP contribution < -0.4 is 5.73 Å². The van der Waals surface area contributed by atoms with Crippen molar-refractivity contribution in [2.24, 2.45) is 11.7 Å². The minimum Gasteiger partial charge on any atom is -0.326 e. The van der Waals surface area contributed by atoms with E-state index in [4.69, 9.17) is 17.3 Å². The van der Waals surface area contributed by atoms with Crippen LogP contribution in [-0.4, -0.2) is 4.87 Å². The Balaban J connectivity index is 1.26. The number of rotatable bonds is 6. The van der Waals surface area contributed by atoms with Gasteiger partial charge in [0, 0.05) is 12.1 Å². The van der Waals surface area contributed by atoms with Crippen molar-refractivity contribution in [3.63, 3.8) is 0 Å². The van der Waals surface area contributed by atoms with Crippen LogP contribution in [-0.2, 0) is 6.54 Å². The average Bonchev–Trinajstić information content (AvgIpc) is 2.79. The van der Waals surface area contributed by atoms with E-state index in [2.05, 4.69) is 36.4 Å². The highest BCUT2D eigenvalue weighted by Gasteiger charge is 2.29. The Morgan fingerprint density at radius 1 is 1.00 bits per heavy atom. The molecule has 158 valence electrons. The zero-order valence-electron chi connectivity index (χ0n) is 17.5. The lowest BCUT2D eigenvalue weighted by Gasteiger charge is -2.32. The molecule has 2 aromatic rings. The number of benzene rings is 2. The molecule has 0 heterocycles. The maximum Gasteiger partial charge on any atom is 0.131 e. The highest BCUT2D eigenvalue weighted by Crippen LogP contribution is 2.41. The van der Waals surface area contributed by atoms with E-state index in [1.807, 2.05) is 18.2 Å². The molecule has 0 saturated heterocycles. The first-order valence-electron chi connectivity index (χ1n) is 11.2. The smallest absolute Gasteiger partial charge is 0.131 e. The molecule has 0 radical (unpaired) electrons. The lowest BCUT2D eigenvalue weighted by atomic mass is 9.76. The minimum absolute atomic E-state index is 0.176. The SMILES string of the molecule is NCc1ccc([C@H]2CC[C@H](CCC3(Cl)C=CC(c4ccccc4F)=CC3)CC2)cc1. The summed E-state index contributed by atoms with van der Waals surface area (Å²) in [5, 5.41) is 0. The van der Waals surface area contributed by atoms with Crippen LogP contribution in [0.3, 0.4) is 0 Å². The quantitative estimate of drug-likeness (QED) is 0.482. The van der Waals surface area contributed by atoms with E-state index in [9.17, 15) is 4.39 Å². The lowest BCUT2D eigenvalue weighted by molar-refractivity contribution is 0.298. The number of allylic oxidation sites excluding steroid dienone is 4. The van der Waals surface area contributed by atoms with Gasteiger partial charge in [0.15, 0.2) is 0 Å². The van der Waals surface area contributed by atoms with Crippen LogP contribution in [0.5, 0.6) is 0 Å². The molecule has 1 unspecified atom stereocenters. The van der Waals surface area contributed by atoms with Crippen LogP contribution in [0, 0.1) is 11.7 Å². The molecule has 1 atom stereocenters. The number of halogens is 2. The van der Waals surface area contributed by atoms with Crippen molar-refractivity contribution in [1.82, 2.24) is 0 Å². The van der Waals surface area contributed by atoms with Crippen molar-refractivity contribution in [2.75, 3.05) is 0 Å². The Kier molecular flexibility index (Phi) is 6.75. The Labute approximate surface area is 184 Å². The fourth-order valence-corrected chi connectivity index (χ4v) is 5.14. The van der Waals surface area contributed by atoms with Gasteiger partial charge in [-0.05, 0) is 79.5 Å². The average molecular weight is 424 g/mol. The molecule has 3 heteroatoms. The van der Waals surface area contributed by atoms with E-state index in [0.717, 1.165) is 30.8 Å². The van der Waals surface area contributed by atoms with E-state index in [1.54, 1.807) is 6.07 Å². The van der Waals surface area contributed by atoms with Crippen molar-refractivity contribution in [2.45, 2.75) is 62.3 Å². The summed E-state index contributed by atoms with van der Waals surface area (Å²) in [6.45, 7) is 0.610. The molecular weight excluding hydrogens is 393 g/mol. The summed E-state index contributed by atoms with van der Waals surface area (Å²) < 4.78 is 14.0. The van der Waals surface area contributed by atoms with Crippen molar-refractivity contribution >= 4 is 17.2 Å². The molecule has 1 saturated carbocycles. The second kappa shape index (κ2) is 9.49. The molecule has 0 bridgehead atoms. The fraction of sp³-hybridized carbons (Fsp3) is 0.407. The summed E-state index contributed by atoms with van der Waals surface area (Å²) >= 11 is 6.90. The molecule has 1 nitrogen and oxygen atoms in total. The van der Waals surface area contributed by atoms with Gasteiger partial charge >= 0.3 is 0 Å². The lowest BCUT2D eigenvalue weighted by Crippen LogP contribution is -2.22. The summed E-state index contributed by atoms with van der Waals surface area (Å²) in [6, 6.07) is 15.8. The first kappa shape index (κ1) is 21.3. The molecule has 2 aliphatic rings. The molecule has 0 amide bonds. The normalized spacial score (nSPS) is 26.4. The highest BCUT2D eigenvalue weighted by atomic mass is 35.5. The van der Waals surface area contributed by atoms with Crippen molar-refractivity contribution in [3.8, 4) is 0 Å². The van der Waals surface area contributed by atoms with Gasteiger partial charge < -0.3 is 5.73 Å². The van der Waals surface area contributed by atoms with Gasteiger partial charge in [0.05, 0.1) is 4.87 Å². The van der Waals surface area contributed by atoms with Gasteiger partial charge in [-0.15, -0.1) is 11.6 Å². The van der Waals surface area contributed by atoms with Crippen LogP contribution in [0.15, 0.2) is 66.8 Å². The molecule has 30 heavy (non-hydrogen) atoms. The van der Waals surface area contributed by atoms with E-state index >= 15 is 0 Å². The van der Waals surface area contributed by atoms with E-state index in [-0.39, 0.29) is 10.7 Å². The molecule has 0 aliphatic heterocycles. The third-order valence-corrected chi connectivity index (χ3v) is 7.38. The van der Waals surface area contributed by atoms with Crippen LogP contribution >= 0.6 is 11.6 Å². The van der Waals surface area contributed by atoms with Gasteiger partial charge in [-0.1, -0.05) is 60.7 Å². The predicted octanol–water partition coefficient (Wildman–Crippen LogP) is 7.36. The zero-order chi connectivity index (χ0) is 21.0. The summed E-state index contributed by atoms with van der Waals surface area (Å²) in [4.78, 5) is -0.330. The Morgan fingerprint density at radius 3 is 2.37 bits per heavy atom. The van der Waals surface area contributed by atoms with Gasteiger partial charge in [-0.3, -0.25) is 0 Å². The molecule has 0 spiro atoms. The van der Waals surface area contributed by atoms with Gasteiger partial charge in [-0.25, -0.2) is 4.39 Å². The van der Waals surface area contributed by atoms with E-state index in [0.29, 0.717) is 18.0 Å². The minimum atomic E-state index is -0.330. The molecule has 4 rings (SSSR count). The number of hydrogen-bond donors (Lipinski definition) is 1. The van der Waals surface area contributed by atoms with Crippen LogP contribution in [0.1, 0.15) is 67.6 Å². The van der Waals surface area contributed by atoms with Gasteiger partial charge in [0.25, 0.3) is 0 Å². The first-order chi connectivity index (χ1) is 14.6. The monoisotopic (exact) mass is 423 g/mol. The van der Waals surface area contributed by atoms with Gasteiger partial charge in [0.1, 0.15) is 5.82 Å². The van der Waals surface area contributed by atoms with Gasteiger partial charge in [0.2, 0.25) is 0 Å². The van der Waals surface area contributed by atoms with Crippen molar-refractivity contribution < 1.29 is 4.39 Å². The number of hydrogen-bond acceptors (Lipinski definition) is 1. The first-order valence-corrected chi connectivity index (χ1v) is 11.6. The summed E-state index contributed by atoms with van der Waals surface area (Å²) in [5.74, 6) is 1.26. The topological polar surface area (TPSA) is 26.0 Å². The van der Waals surface area contributed by atoms with Crippen molar-refractivity contribution in [3.05, 3.63) is 89.3 Å². The maximum absolute atomic E-state index is 14.0. The van der Waals surface area contributed by atoms with Crippen molar-refractivity contribution in [1.29, 1.82) is 0 Å². The molecule has 1 fully saturated rings. The number of nitrogens with two attached hydrogens (primary N) is 1.